The van der Waals surface area contributed by atoms with Crippen molar-refractivity contribution in [2.75, 3.05) is 6.54 Å². The second-order valence-corrected chi connectivity index (χ2v) is 4.12. The fourth-order valence-corrected chi connectivity index (χ4v) is 1.02. The molecule has 2 N–H and O–H groups in total. The van der Waals surface area contributed by atoms with Crippen LogP contribution in [0.5, 0.6) is 0 Å². The molecular formula is C8H15N3O2. The lowest BCUT2D eigenvalue weighted by Crippen LogP contribution is -2.51. The average molecular weight is 185 g/mol. The lowest BCUT2D eigenvalue weighted by Gasteiger charge is -2.24. The fourth-order valence-electron chi connectivity index (χ4n) is 1.02. The molecule has 0 atom stereocenters. The van der Waals surface area contributed by atoms with Crippen LogP contribution in [-0.4, -0.2) is 29.0 Å². The van der Waals surface area contributed by atoms with Gasteiger partial charge in [-0.25, -0.2) is 9.80 Å². The fraction of sp³-hybridized carbons (Fsp3) is 0.750. The number of nitrogens with one attached hydrogen (secondary N) is 2. The lowest BCUT2D eigenvalue weighted by molar-refractivity contribution is -0.120. The predicted octanol–water partition coefficient (Wildman–Crippen LogP) is 0.231. The largest absolute Gasteiger partial charge is 0.336 e. The van der Waals surface area contributed by atoms with E-state index >= 15 is 0 Å². The second-order valence-electron chi connectivity index (χ2n) is 4.12. The smallest absolute Gasteiger partial charge is 0.332 e. The molecule has 0 saturated carbocycles. The molecule has 0 aromatic rings. The molecule has 0 aliphatic carbocycles. The summed E-state index contributed by atoms with van der Waals surface area (Å²) in [4.78, 5) is 22.2. The van der Waals surface area contributed by atoms with E-state index in [1.54, 1.807) is 0 Å². The minimum absolute atomic E-state index is 0.107. The summed E-state index contributed by atoms with van der Waals surface area (Å²) < 4.78 is 0. The van der Waals surface area contributed by atoms with E-state index in [0.717, 1.165) is 0 Å². The van der Waals surface area contributed by atoms with Crippen molar-refractivity contribution >= 4 is 11.9 Å². The first-order valence-corrected chi connectivity index (χ1v) is 4.28. The van der Waals surface area contributed by atoms with Crippen molar-refractivity contribution in [1.82, 2.24) is 15.8 Å². The third kappa shape index (κ3) is 2.93. The van der Waals surface area contributed by atoms with Crippen LogP contribution >= 0.6 is 0 Å². The minimum Gasteiger partial charge on any atom is -0.332 e. The average Bonchev–Trinajstić information content (AvgIpc) is 2.31. The molecule has 1 heterocycles. The van der Waals surface area contributed by atoms with Crippen LogP contribution in [0, 0.1) is 0 Å². The quantitative estimate of drug-likeness (QED) is 0.567. The van der Waals surface area contributed by atoms with Gasteiger partial charge < -0.3 is 5.32 Å². The monoisotopic (exact) mass is 185 g/mol. The van der Waals surface area contributed by atoms with Gasteiger partial charge in [0, 0.05) is 12.0 Å². The molecule has 74 valence electrons. The molecule has 1 rings (SSSR count). The normalized spacial score (nSPS) is 17.2. The van der Waals surface area contributed by atoms with E-state index < -0.39 is 0 Å². The Morgan fingerprint density at radius 3 is 2.54 bits per heavy atom. The molecule has 1 aliphatic rings. The van der Waals surface area contributed by atoms with Gasteiger partial charge >= 0.3 is 6.03 Å². The number of hydrogen-bond acceptors (Lipinski definition) is 2. The number of urea groups is 1. The summed E-state index contributed by atoms with van der Waals surface area (Å²) in [6.07, 6.45) is 0.386. The highest BCUT2D eigenvalue weighted by Crippen LogP contribution is 2.03. The van der Waals surface area contributed by atoms with E-state index in [9.17, 15) is 9.59 Å². The third-order valence-electron chi connectivity index (χ3n) is 1.55. The standard InChI is InChI=1S/C8H15N3O2/c1-8(2,3)9-7(13)11-5-4-6(12)10-11/h4-5H2,1-3H3,(H,9,13)(H,10,12). The number of hydrogen-bond donors (Lipinski definition) is 2. The van der Waals surface area contributed by atoms with E-state index in [2.05, 4.69) is 10.7 Å². The molecule has 0 bridgehead atoms. The van der Waals surface area contributed by atoms with E-state index in [0.29, 0.717) is 13.0 Å². The molecule has 3 amide bonds. The van der Waals surface area contributed by atoms with Gasteiger partial charge in [0.1, 0.15) is 0 Å². The van der Waals surface area contributed by atoms with Gasteiger partial charge in [0.2, 0.25) is 5.91 Å². The summed E-state index contributed by atoms with van der Waals surface area (Å²) in [5, 5.41) is 4.05. The number of carbonyl (C=O) groups is 2. The first-order valence-electron chi connectivity index (χ1n) is 4.28. The zero-order valence-corrected chi connectivity index (χ0v) is 8.18. The molecule has 5 nitrogen and oxygen atoms in total. The summed E-state index contributed by atoms with van der Waals surface area (Å²) in [6.45, 7) is 6.12. The van der Waals surface area contributed by atoms with Crippen molar-refractivity contribution in [3.63, 3.8) is 0 Å². The maximum Gasteiger partial charge on any atom is 0.336 e. The van der Waals surface area contributed by atoms with Crippen LogP contribution in [0.2, 0.25) is 0 Å². The van der Waals surface area contributed by atoms with Gasteiger partial charge in [0.05, 0.1) is 6.54 Å². The van der Waals surface area contributed by atoms with Crippen LogP contribution in [0.1, 0.15) is 27.2 Å². The van der Waals surface area contributed by atoms with Crippen molar-refractivity contribution in [1.29, 1.82) is 0 Å². The summed E-state index contributed by atoms with van der Waals surface area (Å²) in [5.74, 6) is -0.107. The van der Waals surface area contributed by atoms with Crippen molar-refractivity contribution in [3.8, 4) is 0 Å². The number of hydrazine groups is 1. The molecule has 1 aliphatic heterocycles. The minimum atomic E-state index is -0.273. The summed E-state index contributed by atoms with van der Waals surface area (Å²) in [7, 11) is 0. The number of amides is 3. The summed E-state index contributed by atoms with van der Waals surface area (Å²) in [6, 6.07) is -0.252. The van der Waals surface area contributed by atoms with Gasteiger partial charge in [-0.3, -0.25) is 10.2 Å². The molecule has 0 aromatic heterocycles. The van der Waals surface area contributed by atoms with Gasteiger partial charge in [-0.05, 0) is 20.8 Å². The number of nitrogens with zero attached hydrogens (tertiary/aromatic N) is 1. The molecule has 0 spiro atoms. The van der Waals surface area contributed by atoms with Crippen molar-refractivity contribution < 1.29 is 9.59 Å². The Morgan fingerprint density at radius 1 is 1.54 bits per heavy atom. The Morgan fingerprint density at radius 2 is 2.15 bits per heavy atom. The highest BCUT2D eigenvalue weighted by molar-refractivity contribution is 5.84. The van der Waals surface area contributed by atoms with Crippen LogP contribution in [-0.2, 0) is 4.79 Å². The topological polar surface area (TPSA) is 61.4 Å². The van der Waals surface area contributed by atoms with Crippen LogP contribution in [0.3, 0.4) is 0 Å². The molecule has 0 unspecified atom stereocenters. The maximum absolute atomic E-state index is 11.4. The molecule has 0 radical (unpaired) electrons. The van der Waals surface area contributed by atoms with E-state index in [4.69, 9.17) is 0 Å². The van der Waals surface area contributed by atoms with Gasteiger partial charge in [-0.15, -0.1) is 0 Å². The third-order valence-corrected chi connectivity index (χ3v) is 1.55. The van der Waals surface area contributed by atoms with Crippen LogP contribution in [0.15, 0.2) is 0 Å². The summed E-state index contributed by atoms with van der Waals surface area (Å²) >= 11 is 0. The SMILES string of the molecule is CC(C)(C)NC(=O)N1CCC(=O)N1. The van der Waals surface area contributed by atoms with Crippen LogP contribution < -0.4 is 10.7 Å². The highest BCUT2D eigenvalue weighted by atomic mass is 16.2. The molecule has 1 fully saturated rings. The van der Waals surface area contributed by atoms with Gasteiger partial charge in [0.15, 0.2) is 0 Å². The maximum atomic E-state index is 11.4. The van der Waals surface area contributed by atoms with E-state index in [1.165, 1.54) is 5.01 Å². The Hall–Kier alpha value is -1.26. The van der Waals surface area contributed by atoms with Crippen LogP contribution in [0.4, 0.5) is 4.79 Å². The lowest BCUT2D eigenvalue weighted by atomic mass is 10.1. The number of carbonyl (C=O) groups excluding carboxylic acids is 2. The zero-order valence-electron chi connectivity index (χ0n) is 8.18. The Kier molecular flexibility index (Phi) is 2.45. The van der Waals surface area contributed by atoms with Crippen molar-refractivity contribution in [2.24, 2.45) is 0 Å². The molecule has 1 saturated heterocycles. The molecular weight excluding hydrogens is 170 g/mol. The van der Waals surface area contributed by atoms with Gasteiger partial charge in [0.25, 0.3) is 0 Å². The Balaban J connectivity index is 2.45. The number of rotatable bonds is 0. The van der Waals surface area contributed by atoms with Crippen molar-refractivity contribution in [3.05, 3.63) is 0 Å². The van der Waals surface area contributed by atoms with Crippen molar-refractivity contribution in [2.45, 2.75) is 32.7 Å². The van der Waals surface area contributed by atoms with E-state index in [-0.39, 0.29) is 17.5 Å². The Bertz CT molecular complexity index is 232. The molecule has 0 aromatic carbocycles. The van der Waals surface area contributed by atoms with Gasteiger partial charge in [-0.1, -0.05) is 0 Å². The molecule has 5 heteroatoms. The first-order chi connectivity index (χ1) is 5.88. The first kappa shape index (κ1) is 9.83. The highest BCUT2D eigenvalue weighted by Gasteiger charge is 2.25. The Labute approximate surface area is 77.4 Å². The second kappa shape index (κ2) is 3.24. The molecule has 13 heavy (non-hydrogen) atoms. The van der Waals surface area contributed by atoms with Crippen LogP contribution in [0.25, 0.3) is 0 Å². The zero-order chi connectivity index (χ0) is 10.1. The van der Waals surface area contributed by atoms with E-state index in [1.807, 2.05) is 20.8 Å². The predicted molar refractivity (Wildman–Crippen MR) is 47.8 cm³/mol. The van der Waals surface area contributed by atoms with Gasteiger partial charge in [-0.2, -0.15) is 0 Å². The summed E-state index contributed by atoms with van der Waals surface area (Å²) in [5.41, 5.74) is 2.19.